The maximum absolute atomic E-state index is 11.4. The summed E-state index contributed by atoms with van der Waals surface area (Å²) in [5, 5.41) is 2.63. The molecule has 1 amide bonds. The van der Waals surface area contributed by atoms with Gasteiger partial charge in [0.15, 0.2) is 5.78 Å². The third kappa shape index (κ3) is 9.60. The smallest absolute Gasteiger partial charge is 0.408 e. The summed E-state index contributed by atoms with van der Waals surface area (Å²) >= 11 is 0. The second-order valence-corrected chi connectivity index (χ2v) is 5.01. The average Bonchev–Trinajstić information content (AvgIpc) is 2.12. The Kier molecular flexibility index (Phi) is 6.54. The van der Waals surface area contributed by atoms with Crippen LogP contribution in [-0.4, -0.2) is 23.5 Å². The Morgan fingerprint density at radius 3 is 2.41 bits per heavy atom. The lowest BCUT2D eigenvalue weighted by Crippen LogP contribution is -2.36. The van der Waals surface area contributed by atoms with Crippen LogP contribution in [0.3, 0.4) is 0 Å². The molecule has 0 aromatic carbocycles. The van der Waals surface area contributed by atoms with E-state index in [0.29, 0.717) is 6.42 Å². The number of carbonyl (C=O) groups is 2. The van der Waals surface area contributed by atoms with E-state index in [1.807, 2.05) is 6.92 Å². The highest BCUT2D eigenvalue weighted by Crippen LogP contribution is 2.06. The first kappa shape index (κ1) is 15.7. The molecule has 0 aliphatic rings. The molecule has 0 fully saturated rings. The van der Waals surface area contributed by atoms with Crippen molar-refractivity contribution in [3.8, 4) is 0 Å². The van der Waals surface area contributed by atoms with Crippen LogP contribution in [-0.2, 0) is 9.53 Å². The zero-order valence-electron chi connectivity index (χ0n) is 11.4. The van der Waals surface area contributed by atoms with Gasteiger partial charge in [-0.15, -0.1) is 0 Å². The number of rotatable bonds is 5. The number of carbonyl (C=O) groups excluding carboxylic acids is 2. The van der Waals surface area contributed by atoms with Crippen molar-refractivity contribution in [2.45, 2.75) is 59.1 Å². The molecule has 0 aliphatic carbocycles. The van der Waals surface area contributed by atoms with Crippen LogP contribution in [0.1, 0.15) is 47.5 Å². The molecule has 0 heterocycles. The summed E-state index contributed by atoms with van der Waals surface area (Å²) in [7, 11) is 0. The second kappa shape index (κ2) is 7.09. The average molecular weight is 241 g/mol. The minimum absolute atomic E-state index is 0.0744. The van der Waals surface area contributed by atoms with Gasteiger partial charge in [0.1, 0.15) is 5.60 Å². The van der Waals surface area contributed by atoms with Gasteiger partial charge >= 0.3 is 6.09 Å². The minimum Gasteiger partial charge on any atom is -0.444 e. The first-order valence-corrected chi connectivity index (χ1v) is 5.95. The summed E-state index contributed by atoms with van der Waals surface area (Å²) < 4.78 is 5.09. The quantitative estimate of drug-likeness (QED) is 0.753. The molecule has 0 bridgehead atoms. The van der Waals surface area contributed by atoms with Crippen molar-refractivity contribution < 1.29 is 14.3 Å². The molecule has 4 nitrogen and oxygen atoms in total. The lowest BCUT2D eigenvalue weighted by Gasteiger charge is -2.20. The summed E-state index contributed by atoms with van der Waals surface area (Å²) in [6, 6.07) is -0.217. The zero-order valence-corrected chi connectivity index (χ0v) is 11.4. The van der Waals surface area contributed by atoms with Crippen molar-refractivity contribution >= 4 is 11.9 Å². The van der Waals surface area contributed by atoms with Crippen molar-refractivity contribution in [1.29, 1.82) is 0 Å². The van der Waals surface area contributed by atoms with E-state index in [0.717, 1.165) is 6.42 Å². The van der Waals surface area contributed by atoms with Gasteiger partial charge in [0.2, 0.25) is 0 Å². The Morgan fingerprint density at radius 1 is 1.35 bits per heavy atom. The third-order valence-corrected chi connectivity index (χ3v) is 1.81. The van der Waals surface area contributed by atoms with Gasteiger partial charge < -0.3 is 10.1 Å². The molecule has 98 valence electrons. The standard InChI is InChI=1S/C13H23NO3/c1-6-7-11(15)9-8-10(2)14-12(16)17-13(3,4)5/h8-10H,6-7H2,1-5H3,(H,14,16)/b9-8+. The van der Waals surface area contributed by atoms with Crippen LogP contribution >= 0.6 is 0 Å². The first-order chi connectivity index (χ1) is 7.74. The minimum atomic E-state index is -0.508. The van der Waals surface area contributed by atoms with E-state index in [2.05, 4.69) is 5.32 Å². The summed E-state index contributed by atoms with van der Waals surface area (Å²) in [6.45, 7) is 9.15. The number of alkyl carbamates (subject to hydrolysis) is 1. The maximum atomic E-state index is 11.4. The SMILES string of the molecule is CCCC(=O)/C=C/C(C)NC(=O)OC(C)(C)C. The molecule has 1 N–H and O–H groups in total. The third-order valence-electron chi connectivity index (χ3n) is 1.81. The number of amides is 1. The van der Waals surface area contributed by atoms with Crippen molar-refractivity contribution in [2.24, 2.45) is 0 Å². The van der Waals surface area contributed by atoms with E-state index < -0.39 is 11.7 Å². The Morgan fingerprint density at radius 2 is 1.94 bits per heavy atom. The van der Waals surface area contributed by atoms with Gasteiger partial charge in [0.25, 0.3) is 0 Å². The van der Waals surface area contributed by atoms with E-state index in [9.17, 15) is 9.59 Å². The molecule has 17 heavy (non-hydrogen) atoms. The van der Waals surface area contributed by atoms with Gasteiger partial charge in [-0.05, 0) is 40.2 Å². The molecule has 0 saturated heterocycles. The highest BCUT2D eigenvalue weighted by atomic mass is 16.6. The normalized spacial score (nSPS) is 13.5. The zero-order chi connectivity index (χ0) is 13.5. The number of nitrogens with one attached hydrogen (secondary N) is 1. The topological polar surface area (TPSA) is 55.4 Å². The van der Waals surface area contributed by atoms with Crippen LogP contribution in [0, 0.1) is 0 Å². The summed E-state index contributed by atoms with van der Waals surface area (Å²) in [5.41, 5.74) is -0.508. The fourth-order valence-corrected chi connectivity index (χ4v) is 1.12. The largest absolute Gasteiger partial charge is 0.444 e. The van der Waals surface area contributed by atoms with Crippen LogP contribution in [0.5, 0.6) is 0 Å². The van der Waals surface area contributed by atoms with Crippen LogP contribution in [0.4, 0.5) is 4.79 Å². The second-order valence-electron chi connectivity index (χ2n) is 5.01. The van der Waals surface area contributed by atoms with Crippen LogP contribution < -0.4 is 5.32 Å². The Bertz CT molecular complexity index is 290. The van der Waals surface area contributed by atoms with Crippen molar-refractivity contribution in [2.75, 3.05) is 0 Å². The molecular formula is C13H23NO3. The van der Waals surface area contributed by atoms with Crippen molar-refractivity contribution in [3.05, 3.63) is 12.2 Å². The molecule has 1 atom stereocenters. The number of ketones is 1. The van der Waals surface area contributed by atoms with Gasteiger partial charge in [-0.2, -0.15) is 0 Å². The van der Waals surface area contributed by atoms with Gasteiger partial charge in [-0.25, -0.2) is 4.79 Å². The number of hydrogen-bond acceptors (Lipinski definition) is 3. The highest BCUT2D eigenvalue weighted by molar-refractivity contribution is 5.89. The van der Waals surface area contributed by atoms with Gasteiger partial charge in [0, 0.05) is 12.5 Å². The summed E-state index contributed by atoms with van der Waals surface area (Å²) in [4.78, 5) is 22.6. The Balaban J connectivity index is 4.05. The summed E-state index contributed by atoms with van der Waals surface area (Å²) in [6.07, 6.45) is 4.07. The molecule has 0 spiro atoms. The van der Waals surface area contributed by atoms with E-state index >= 15 is 0 Å². The van der Waals surface area contributed by atoms with E-state index in [1.165, 1.54) is 6.08 Å². The molecule has 0 aromatic rings. The maximum Gasteiger partial charge on any atom is 0.408 e. The molecule has 0 rings (SSSR count). The van der Waals surface area contributed by atoms with Gasteiger partial charge in [0.05, 0.1) is 0 Å². The fraction of sp³-hybridized carbons (Fsp3) is 0.692. The van der Waals surface area contributed by atoms with Crippen LogP contribution in [0.25, 0.3) is 0 Å². The molecule has 4 heteroatoms. The van der Waals surface area contributed by atoms with E-state index in [4.69, 9.17) is 4.74 Å². The molecule has 0 radical (unpaired) electrons. The highest BCUT2D eigenvalue weighted by Gasteiger charge is 2.16. The van der Waals surface area contributed by atoms with Gasteiger partial charge in [-0.3, -0.25) is 4.79 Å². The Hall–Kier alpha value is -1.32. The lowest BCUT2D eigenvalue weighted by atomic mass is 10.2. The molecule has 0 saturated carbocycles. The van der Waals surface area contributed by atoms with Crippen LogP contribution in [0.15, 0.2) is 12.2 Å². The van der Waals surface area contributed by atoms with E-state index in [1.54, 1.807) is 33.8 Å². The number of allylic oxidation sites excluding steroid dienone is 1. The molecular weight excluding hydrogens is 218 g/mol. The fourth-order valence-electron chi connectivity index (χ4n) is 1.12. The number of hydrogen-bond donors (Lipinski definition) is 1. The summed E-state index contributed by atoms with van der Waals surface area (Å²) in [5.74, 6) is 0.0744. The molecule has 1 unspecified atom stereocenters. The molecule has 0 aromatic heterocycles. The van der Waals surface area contributed by atoms with Crippen molar-refractivity contribution in [1.82, 2.24) is 5.32 Å². The predicted octanol–water partition coefficient (Wildman–Crippen LogP) is 2.83. The van der Waals surface area contributed by atoms with Gasteiger partial charge in [-0.1, -0.05) is 13.0 Å². The Labute approximate surface area is 103 Å². The van der Waals surface area contributed by atoms with Crippen LogP contribution in [0.2, 0.25) is 0 Å². The predicted molar refractivity (Wildman–Crippen MR) is 67.9 cm³/mol. The van der Waals surface area contributed by atoms with Crippen molar-refractivity contribution in [3.63, 3.8) is 0 Å². The molecule has 0 aliphatic heterocycles. The number of ether oxygens (including phenoxy) is 1. The monoisotopic (exact) mass is 241 g/mol. The lowest BCUT2D eigenvalue weighted by molar-refractivity contribution is -0.114. The first-order valence-electron chi connectivity index (χ1n) is 5.95. The van der Waals surface area contributed by atoms with E-state index in [-0.39, 0.29) is 11.8 Å².